The molecule has 6 heteroatoms. The molecule has 1 N–H and O–H groups in total. The van der Waals surface area contributed by atoms with Crippen LogP contribution in [-0.2, 0) is 14.3 Å². The zero-order chi connectivity index (χ0) is 17.5. The first kappa shape index (κ1) is 18.0. The summed E-state index contributed by atoms with van der Waals surface area (Å²) >= 11 is 0. The van der Waals surface area contributed by atoms with Crippen LogP contribution in [0.4, 0.5) is 0 Å². The minimum atomic E-state index is -0.393. The van der Waals surface area contributed by atoms with Gasteiger partial charge in [0, 0.05) is 31.0 Å². The molecule has 1 unspecified atom stereocenters. The van der Waals surface area contributed by atoms with E-state index in [9.17, 15) is 9.59 Å². The number of carbonyl (C=O) groups excluding carboxylic acids is 1. The van der Waals surface area contributed by atoms with E-state index in [1.54, 1.807) is 12.1 Å². The Kier molecular flexibility index (Phi) is 6.37. The van der Waals surface area contributed by atoms with Gasteiger partial charge in [-0.3, -0.25) is 4.79 Å². The molecule has 1 atom stereocenters. The second-order valence-electron chi connectivity index (χ2n) is 5.72. The Morgan fingerprint density at radius 2 is 2.12 bits per heavy atom. The number of aryl methyl sites for hydroxylation is 1. The highest BCUT2D eigenvalue weighted by Crippen LogP contribution is 2.20. The summed E-state index contributed by atoms with van der Waals surface area (Å²) < 4.78 is 15.1. The van der Waals surface area contributed by atoms with Gasteiger partial charge in [0.1, 0.15) is 17.9 Å². The summed E-state index contributed by atoms with van der Waals surface area (Å²) in [5, 5.41) is 9.99. The van der Waals surface area contributed by atoms with Crippen molar-refractivity contribution in [1.29, 1.82) is 0 Å². The van der Waals surface area contributed by atoms with Gasteiger partial charge in [-0.1, -0.05) is 0 Å². The van der Waals surface area contributed by atoms with Crippen molar-refractivity contribution in [2.75, 3.05) is 13.2 Å². The highest BCUT2D eigenvalue weighted by molar-refractivity contribution is 5.81. The van der Waals surface area contributed by atoms with E-state index in [0.717, 1.165) is 30.4 Å². The van der Waals surface area contributed by atoms with Crippen molar-refractivity contribution in [3.05, 3.63) is 40.2 Å². The van der Waals surface area contributed by atoms with Crippen LogP contribution in [0, 0.1) is 6.92 Å². The number of ether oxygens (including phenoxy) is 2. The molecule has 3 rings (SSSR count). The molecule has 0 bridgehead atoms. The van der Waals surface area contributed by atoms with E-state index >= 15 is 0 Å². The van der Waals surface area contributed by atoms with Gasteiger partial charge in [-0.05, 0) is 43.9 Å². The molecule has 2 heterocycles. The first-order valence-electron chi connectivity index (χ1n) is 7.94. The van der Waals surface area contributed by atoms with Crippen LogP contribution in [0.5, 0.6) is 5.75 Å². The highest BCUT2D eigenvalue weighted by Gasteiger charge is 2.14. The molecule has 1 aliphatic rings. The topological polar surface area (TPSA) is 86.0 Å². The molecule has 1 aromatic carbocycles. The second kappa shape index (κ2) is 8.49. The number of carbonyl (C=O) groups is 1. The SMILES string of the molecule is CC(=O)OCC1CCCCO1.Cc1cc(=O)oc2cc(O)ccc12. The lowest BCUT2D eigenvalue weighted by atomic mass is 10.1. The van der Waals surface area contributed by atoms with Crippen LogP contribution in [0.25, 0.3) is 11.0 Å². The van der Waals surface area contributed by atoms with Crippen molar-refractivity contribution in [3.8, 4) is 5.75 Å². The molecule has 6 nitrogen and oxygen atoms in total. The summed E-state index contributed by atoms with van der Waals surface area (Å²) in [5.41, 5.74) is 0.881. The second-order valence-corrected chi connectivity index (χ2v) is 5.72. The molecule has 1 aromatic heterocycles. The number of aromatic hydroxyl groups is 1. The Morgan fingerprint density at radius 3 is 2.79 bits per heavy atom. The van der Waals surface area contributed by atoms with Crippen LogP contribution in [0.1, 0.15) is 31.7 Å². The lowest BCUT2D eigenvalue weighted by Gasteiger charge is -2.21. The van der Waals surface area contributed by atoms with Gasteiger partial charge in [0.25, 0.3) is 0 Å². The molecule has 24 heavy (non-hydrogen) atoms. The number of phenolic OH excluding ortho intramolecular Hbond substituents is 1. The zero-order valence-corrected chi connectivity index (χ0v) is 13.9. The number of benzene rings is 1. The number of fused-ring (bicyclic) bond motifs is 1. The third-order valence-corrected chi connectivity index (χ3v) is 3.68. The van der Waals surface area contributed by atoms with Crippen LogP contribution in [0.15, 0.2) is 33.5 Å². The van der Waals surface area contributed by atoms with Gasteiger partial charge < -0.3 is 19.0 Å². The van der Waals surface area contributed by atoms with Crippen LogP contribution < -0.4 is 5.63 Å². The summed E-state index contributed by atoms with van der Waals surface area (Å²) in [6.07, 6.45) is 3.49. The molecule has 2 aromatic rings. The van der Waals surface area contributed by atoms with Crippen molar-refractivity contribution in [1.82, 2.24) is 0 Å². The van der Waals surface area contributed by atoms with Crippen LogP contribution >= 0.6 is 0 Å². The van der Waals surface area contributed by atoms with Gasteiger partial charge in [0.15, 0.2) is 0 Å². The first-order chi connectivity index (χ1) is 11.5. The van der Waals surface area contributed by atoms with Crippen molar-refractivity contribution >= 4 is 16.9 Å². The van der Waals surface area contributed by atoms with E-state index in [1.807, 2.05) is 6.92 Å². The first-order valence-corrected chi connectivity index (χ1v) is 7.94. The zero-order valence-electron chi connectivity index (χ0n) is 13.9. The lowest BCUT2D eigenvalue weighted by molar-refractivity contribution is -0.146. The maximum atomic E-state index is 11.0. The number of rotatable bonds is 2. The van der Waals surface area contributed by atoms with Crippen molar-refractivity contribution in [2.45, 2.75) is 39.2 Å². The minimum absolute atomic E-state index is 0.0984. The minimum Gasteiger partial charge on any atom is -0.508 e. The molecule has 0 saturated carbocycles. The number of hydrogen-bond acceptors (Lipinski definition) is 6. The Balaban J connectivity index is 0.000000177. The summed E-state index contributed by atoms with van der Waals surface area (Å²) in [4.78, 5) is 21.4. The summed E-state index contributed by atoms with van der Waals surface area (Å²) in [6.45, 7) is 4.49. The van der Waals surface area contributed by atoms with Gasteiger partial charge in [0.05, 0.1) is 6.10 Å². The van der Waals surface area contributed by atoms with Gasteiger partial charge >= 0.3 is 11.6 Å². The molecule has 1 saturated heterocycles. The fraction of sp³-hybridized carbons (Fsp3) is 0.444. The highest BCUT2D eigenvalue weighted by atomic mass is 16.6. The molecule has 130 valence electrons. The average Bonchev–Trinajstić information content (AvgIpc) is 2.54. The van der Waals surface area contributed by atoms with Crippen LogP contribution in [0.2, 0.25) is 0 Å². The fourth-order valence-electron chi connectivity index (χ4n) is 2.46. The fourth-order valence-corrected chi connectivity index (χ4v) is 2.46. The summed E-state index contributed by atoms with van der Waals surface area (Å²) in [6, 6.07) is 6.15. The predicted molar refractivity (Wildman–Crippen MR) is 89.1 cm³/mol. The van der Waals surface area contributed by atoms with Gasteiger partial charge in [-0.2, -0.15) is 0 Å². The molecule has 1 aliphatic heterocycles. The normalized spacial score (nSPS) is 17.0. The molecule has 0 radical (unpaired) electrons. The standard InChI is InChI=1S/C10H8O3.C8H14O3/c1-6-4-10(12)13-9-5-7(11)2-3-8(6)9;1-7(9)11-6-8-4-2-3-5-10-8/h2-5,11H,1H3;8H,2-6H2,1H3. The number of esters is 1. The third-order valence-electron chi connectivity index (χ3n) is 3.68. The summed E-state index contributed by atoms with van der Waals surface area (Å²) in [7, 11) is 0. The number of hydrogen-bond donors (Lipinski definition) is 1. The van der Waals surface area contributed by atoms with Crippen molar-refractivity contribution in [3.63, 3.8) is 0 Å². The van der Waals surface area contributed by atoms with E-state index in [2.05, 4.69) is 0 Å². The lowest BCUT2D eigenvalue weighted by Crippen LogP contribution is -2.25. The van der Waals surface area contributed by atoms with E-state index in [-0.39, 0.29) is 17.8 Å². The average molecular weight is 334 g/mol. The quantitative estimate of drug-likeness (QED) is 0.671. The van der Waals surface area contributed by atoms with Crippen LogP contribution in [0.3, 0.4) is 0 Å². The van der Waals surface area contributed by atoms with Gasteiger partial charge in [0.2, 0.25) is 0 Å². The molecule has 0 aliphatic carbocycles. The maximum absolute atomic E-state index is 11.0. The van der Waals surface area contributed by atoms with E-state index in [4.69, 9.17) is 19.0 Å². The Labute approximate surface area is 140 Å². The van der Waals surface area contributed by atoms with E-state index in [0.29, 0.717) is 12.2 Å². The Hall–Kier alpha value is -2.34. The monoisotopic (exact) mass is 334 g/mol. The molecular formula is C18H22O6. The van der Waals surface area contributed by atoms with Gasteiger partial charge in [-0.15, -0.1) is 0 Å². The van der Waals surface area contributed by atoms with E-state index in [1.165, 1.54) is 25.5 Å². The van der Waals surface area contributed by atoms with Gasteiger partial charge in [-0.25, -0.2) is 4.79 Å². The molecule has 1 fully saturated rings. The maximum Gasteiger partial charge on any atom is 0.336 e. The molecule has 0 spiro atoms. The van der Waals surface area contributed by atoms with Crippen molar-refractivity contribution in [2.24, 2.45) is 0 Å². The molecular weight excluding hydrogens is 312 g/mol. The van der Waals surface area contributed by atoms with E-state index < -0.39 is 5.63 Å². The van der Waals surface area contributed by atoms with Crippen molar-refractivity contribution < 1.29 is 23.8 Å². The predicted octanol–water partition coefficient (Wildman–Crippen LogP) is 2.93. The largest absolute Gasteiger partial charge is 0.508 e. The van der Waals surface area contributed by atoms with Crippen LogP contribution in [-0.4, -0.2) is 30.4 Å². The third kappa shape index (κ3) is 5.38. The Morgan fingerprint density at radius 1 is 1.33 bits per heavy atom. The molecule has 0 amide bonds. The number of phenols is 1. The smallest absolute Gasteiger partial charge is 0.336 e. The summed E-state index contributed by atoms with van der Waals surface area (Å²) in [5.74, 6) is -0.125. The Bertz CT molecular complexity index is 743.